The molecule has 0 atom stereocenters. The maximum Gasteiger partial charge on any atom is 1.00 e. The number of hydrogen-bond acceptors (Lipinski definition) is 2. The maximum atomic E-state index is 10.0. The van der Waals surface area contributed by atoms with Crippen LogP contribution in [0.1, 0.15) is 58.3 Å². The third kappa shape index (κ3) is 15.2. The van der Waals surface area contributed by atoms with Gasteiger partial charge in [0, 0.05) is 5.97 Å². The number of carboxylic acid groups (broad SMARTS) is 1. The molecular weight excluding hydrogens is 176 g/mol. The Balaban J connectivity index is 0. The molecule has 0 heterocycles. The average molecular weight is 195 g/mol. The summed E-state index contributed by atoms with van der Waals surface area (Å²) in [6.45, 7) is 2.19. The van der Waals surface area contributed by atoms with E-state index in [0.717, 1.165) is 12.8 Å². The predicted octanol–water partition coefficient (Wildman–Crippen LogP) is -1.12. The van der Waals surface area contributed by atoms with Gasteiger partial charge in [0.15, 0.2) is 0 Å². The van der Waals surface area contributed by atoms with Crippen molar-refractivity contribution >= 4 is 5.97 Å². The summed E-state index contributed by atoms with van der Waals surface area (Å²) < 4.78 is 0. The van der Waals surface area contributed by atoms with Crippen molar-refractivity contribution in [1.82, 2.24) is 0 Å². The summed E-state index contributed by atoms with van der Waals surface area (Å²) in [6, 6.07) is 0. The van der Waals surface area contributed by atoms with Crippen LogP contribution in [0.5, 0.6) is 0 Å². The fourth-order valence-corrected chi connectivity index (χ4v) is 1.23. The molecule has 3 heteroatoms. The van der Waals surface area contributed by atoms with E-state index in [1.54, 1.807) is 0 Å². The van der Waals surface area contributed by atoms with Gasteiger partial charge in [0.2, 0.25) is 0 Å². The minimum Gasteiger partial charge on any atom is -0.550 e. The van der Waals surface area contributed by atoms with Crippen LogP contribution in [0.3, 0.4) is 0 Å². The largest absolute Gasteiger partial charge is 1.00 e. The number of rotatable bonds is 8. The molecule has 72 valence electrons. The zero-order chi connectivity index (χ0) is 9.23. The molecule has 0 aliphatic carbocycles. The third-order valence-corrected chi connectivity index (χ3v) is 1.98. The van der Waals surface area contributed by atoms with Crippen molar-refractivity contribution in [2.75, 3.05) is 0 Å². The Hall–Kier alpha value is 0.470. The van der Waals surface area contributed by atoms with Crippen LogP contribution >= 0.6 is 0 Å². The Morgan fingerprint density at radius 1 is 1.00 bits per heavy atom. The Labute approximate surface area is 103 Å². The minimum absolute atomic E-state index is 0. The van der Waals surface area contributed by atoms with Crippen LogP contribution in [-0.4, -0.2) is 5.97 Å². The van der Waals surface area contributed by atoms with Gasteiger partial charge >= 0.3 is 29.6 Å². The molecule has 0 aromatic rings. The standard InChI is InChI=1S/C10H20O2.Na/c1-2-3-4-5-6-7-8-9-10(11)12;/h2-9H2,1H3,(H,11,12);/q;+1/p-1/i8+1;. The summed E-state index contributed by atoms with van der Waals surface area (Å²) in [4.78, 5) is 10.0. The van der Waals surface area contributed by atoms with E-state index >= 15 is 0 Å². The molecule has 0 N–H and O–H groups in total. The molecule has 0 saturated heterocycles. The van der Waals surface area contributed by atoms with Gasteiger partial charge in [0.25, 0.3) is 0 Å². The zero-order valence-electron chi connectivity index (χ0n) is 8.97. The Morgan fingerprint density at radius 3 is 1.92 bits per heavy atom. The van der Waals surface area contributed by atoms with Gasteiger partial charge in [-0.15, -0.1) is 0 Å². The van der Waals surface area contributed by atoms with Gasteiger partial charge in [-0.2, -0.15) is 0 Å². The number of aliphatic carboxylic acids is 1. The summed E-state index contributed by atoms with van der Waals surface area (Å²) in [5.74, 6) is -0.913. The van der Waals surface area contributed by atoms with Crippen LogP contribution < -0.4 is 34.7 Å². The van der Waals surface area contributed by atoms with Crippen LogP contribution in [0, 0.1) is 0 Å². The summed E-state index contributed by atoms with van der Waals surface area (Å²) in [7, 11) is 0. The molecule has 0 radical (unpaired) electrons. The van der Waals surface area contributed by atoms with Crippen molar-refractivity contribution in [3.05, 3.63) is 0 Å². The van der Waals surface area contributed by atoms with Crippen LogP contribution in [0.2, 0.25) is 0 Å². The molecule has 0 aromatic heterocycles. The molecule has 0 aliphatic rings. The second-order valence-electron chi connectivity index (χ2n) is 3.24. The van der Waals surface area contributed by atoms with Crippen LogP contribution in [0.15, 0.2) is 0 Å². The van der Waals surface area contributed by atoms with E-state index in [1.165, 1.54) is 32.1 Å². The van der Waals surface area contributed by atoms with Crippen LogP contribution in [0.25, 0.3) is 0 Å². The first-order valence-electron chi connectivity index (χ1n) is 4.97. The van der Waals surface area contributed by atoms with E-state index in [4.69, 9.17) is 0 Å². The van der Waals surface area contributed by atoms with E-state index in [2.05, 4.69) is 6.92 Å². The molecule has 0 amide bonds. The summed E-state index contributed by atoms with van der Waals surface area (Å²) >= 11 is 0. The monoisotopic (exact) mass is 195 g/mol. The van der Waals surface area contributed by atoms with Gasteiger partial charge < -0.3 is 9.90 Å². The van der Waals surface area contributed by atoms with E-state index in [9.17, 15) is 9.90 Å². The Kier molecular flexibility index (Phi) is 15.3. The molecule has 0 rings (SSSR count). The minimum atomic E-state index is -0.913. The molecule has 0 bridgehead atoms. The predicted molar refractivity (Wildman–Crippen MR) is 47.6 cm³/mol. The first-order valence-corrected chi connectivity index (χ1v) is 4.97. The zero-order valence-corrected chi connectivity index (χ0v) is 11.0. The summed E-state index contributed by atoms with van der Waals surface area (Å²) in [6.07, 6.45) is 8.34. The maximum absolute atomic E-state index is 10.0. The molecule has 0 fully saturated rings. The van der Waals surface area contributed by atoms with Crippen molar-refractivity contribution in [1.29, 1.82) is 0 Å². The first kappa shape index (κ1) is 15.9. The normalized spacial score (nSPS) is 9.31. The SMILES string of the molecule is CCCCCCC[13CH2]CC(=O)[O-].[Na+]. The first-order chi connectivity index (χ1) is 5.77. The Morgan fingerprint density at radius 2 is 1.46 bits per heavy atom. The molecule has 0 aromatic carbocycles. The van der Waals surface area contributed by atoms with Crippen molar-refractivity contribution in [2.24, 2.45) is 0 Å². The molecule has 0 saturated carbocycles. The number of unbranched alkanes of at least 4 members (excludes halogenated alkanes) is 6. The molecular formula is C10H19NaO2. The van der Waals surface area contributed by atoms with E-state index in [0.29, 0.717) is 0 Å². The van der Waals surface area contributed by atoms with Gasteiger partial charge in [0.05, 0.1) is 0 Å². The number of carbonyl (C=O) groups excluding carboxylic acids is 1. The topological polar surface area (TPSA) is 40.1 Å². The fraction of sp³-hybridized carbons (Fsp3) is 0.900. The van der Waals surface area contributed by atoms with Crippen LogP contribution in [-0.2, 0) is 4.79 Å². The van der Waals surface area contributed by atoms with Gasteiger partial charge in [-0.1, -0.05) is 45.4 Å². The van der Waals surface area contributed by atoms with Crippen LogP contribution in [0.4, 0.5) is 0 Å². The van der Waals surface area contributed by atoms with Gasteiger partial charge in [-0.05, 0) is 12.8 Å². The second-order valence-corrected chi connectivity index (χ2v) is 3.24. The van der Waals surface area contributed by atoms with Crippen molar-refractivity contribution in [2.45, 2.75) is 58.3 Å². The van der Waals surface area contributed by atoms with Crippen molar-refractivity contribution in [3.63, 3.8) is 0 Å². The molecule has 2 nitrogen and oxygen atoms in total. The number of hydrogen-bond donors (Lipinski definition) is 0. The van der Waals surface area contributed by atoms with E-state index in [1.807, 2.05) is 0 Å². The molecule has 0 spiro atoms. The average Bonchev–Trinajstić information content (AvgIpc) is 2.02. The van der Waals surface area contributed by atoms with Gasteiger partial charge in [-0.25, -0.2) is 0 Å². The smallest absolute Gasteiger partial charge is 0.550 e. The van der Waals surface area contributed by atoms with Gasteiger partial charge in [-0.3, -0.25) is 0 Å². The van der Waals surface area contributed by atoms with E-state index in [-0.39, 0.29) is 36.0 Å². The third-order valence-electron chi connectivity index (χ3n) is 1.98. The number of carboxylic acids is 1. The van der Waals surface area contributed by atoms with Crippen molar-refractivity contribution < 1.29 is 39.5 Å². The van der Waals surface area contributed by atoms with Gasteiger partial charge in [0.1, 0.15) is 0 Å². The quantitative estimate of drug-likeness (QED) is 0.280. The fourth-order valence-electron chi connectivity index (χ4n) is 1.23. The molecule has 13 heavy (non-hydrogen) atoms. The molecule has 0 unspecified atom stereocenters. The van der Waals surface area contributed by atoms with E-state index < -0.39 is 5.97 Å². The van der Waals surface area contributed by atoms with Crippen molar-refractivity contribution in [3.8, 4) is 0 Å². The second kappa shape index (κ2) is 12.5. The molecule has 0 aliphatic heterocycles. The summed E-state index contributed by atoms with van der Waals surface area (Å²) in [5.41, 5.74) is 0. The summed E-state index contributed by atoms with van der Waals surface area (Å²) in [5, 5.41) is 10.0. The number of carbonyl (C=O) groups is 1. The Bertz CT molecular complexity index is 115.